The maximum Gasteiger partial charge on any atom is 0.320 e. The molecule has 4 aliphatic heterocycles. The van der Waals surface area contributed by atoms with Gasteiger partial charge in [0, 0.05) is 65.1 Å². The Hall–Kier alpha value is -1.34. The largest absolute Gasteiger partial charge is 0.381 e. The van der Waals surface area contributed by atoms with E-state index < -0.39 is 0 Å². The van der Waals surface area contributed by atoms with E-state index >= 15 is 0 Å². The summed E-state index contributed by atoms with van der Waals surface area (Å²) in [6, 6.07) is 0.460. The summed E-state index contributed by atoms with van der Waals surface area (Å²) in [4.78, 5) is 34.6. The van der Waals surface area contributed by atoms with Gasteiger partial charge in [0.1, 0.15) is 0 Å². The number of likely N-dealkylation sites (N-methyl/N-ethyl adjacent to an activating group) is 1. The number of ether oxygens (including phenoxy) is 1. The molecule has 0 aromatic heterocycles. The average Bonchev–Trinajstić information content (AvgIpc) is 3.10. The van der Waals surface area contributed by atoms with E-state index in [2.05, 4.69) is 16.8 Å². The molecule has 26 heavy (non-hydrogen) atoms. The van der Waals surface area contributed by atoms with Crippen LogP contribution in [-0.2, 0) is 9.53 Å². The lowest BCUT2D eigenvalue weighted by atomic mass is 9.77. The molecule has 1 spiro atoms. The van der Waals surface area contributed by atoms with E-state index in [0.717, 1.165) is 84.6 Å². The van der Waals surface area contributed by atoms with Crippen LogP contribution in [0.4, 0.5) is 4.79 Å². The fourth-order valence-corrected chi connectivity index (χ4v) is 5.06. The maximum atomic E-state index is 13.4. The summed E-state index contributed by atoms with van der Waals surface area (Å²) in [5, 5.41) is 0. The lowest BCUT2D eigenvalue weighted by Gasteiger charge is -2.44. The van der Waals surface area contributed by atoms with Crippen molar-refractivity contribution in [1.82, 2.24) is 19.6 Å². The van der Waals surface area contributed by atoms with Gasteiger partial charge >= 0.3 is 6.03 Å². The fourth-order valence-electron chi connectivity index (χ4n) is 5.06. The Kier molecular flexibility index (Phi) is 5.10. The van der Waals surface area contributed by atoms with Gasteiger partial charge in [0.25, 0.3) is 0 Å². The first kappa shape index (κ1) is 18.0. The van der Waals surface area contributed by atoms with Crippen molar-refractivity contribution in [2.75, 3.05) is 66.1 Å². The van der Waals surface area contributed by atoms with Crippen LogP contribution in [0.2, 0.25) is 0 Å². The van der Waals surface area contributed by atoms with Crippen molar-refractivity contribution in [3.63, 3.8) is 0 Å². The average molecular weight is 364 g/mol. The zero-order valence-electron chi connectivity index (χ0n) is 16.0. The molecule has 0 saturated carbocycles. The van der Waals surface area contributed by atoms with Crippen LogP contribution in [0.1, 0.15) is 32.1 Å². The molecule has 4 rings (SSSR count). The second kappa shape index (κ2) is 7.35. The molecule has 0 unspecified atom stereocenters. The van der Waals surface area contributed by atoms with Gasteiger partial charge < -0.3 is 24.3 Å². The Morgan fingerprint density at radius 1 is 1.00 bits per heavy atom. The number of hydrogen-bond acceptors (Lipinski definition) is 4. The predicted octanol–water partition coefficient (Wildman–Crippen LogP) is 0.847. The second-order valence-electron chi connectivity index (χ2n) is 8.47. The van der Waals surface area contributed by atoms with Crippen molar-refractivity contribution in [2.45, 2.75) is 38.1 Å². The molecule has 4 fully saturated rings. The highest BCUT2D eigenvalue weighted by atomic mass is 16.5. The topological polar surface area (TPSA) is 56.3 Å². The molecule has 7 heteroatoms. The first-order valence-electron chi connectivity index (χ1n) is 10.2. The smallest absolute Gasteiger partial charge is 0.320 e. The molecule has 3 amide bonds. The summed E-state index contributed by atoms with van der Waals surface area (Å²) >= 11 is 0. The number of carbonyl (C=O) groups excluding carboxylic acids is 2. The van der Waals surface area contributed by atoms with Crippen LogP contribution < -0.4 is 0 Å². The number of hydrogen-bond donors (Lipinski definition) is 0. The van der Waals surface area contributed by atoms with Gasteiger partial charge in [-0.25, -0.2) is 4.79 Å². The van der Waals surface area contributed by atoms with Gasteiger partial charge in [-0.1, -0.05) is 0 Å². The summed E-state index contributed by atoms with van der Waals surface area (Å²) in [7, 11) is 2.10. The van der Waals surface area contributed by atoms with Crippen LogP contribution in [0.5, 0.6) is 0 Å². The fraction of sp³-hybridized carbons (Fsp3) is 0.895. The predicted molar refractivity (Wildman–Crippen MR) is 97.9 cm³/mol. The van der Waals surface area contributed by atoms with Crippen molar-refractivity contribution in [2.24, 2.45) is 5.41 Å². The molecule has 0 aliphatic carbocycles. The van der Waals surface area contributed by atoms with Crippen LogP contribution in [-0.4, -0.2) is 104 Å². The summed E-state index contributed by atoms with van der Waals surface area (Å²) in [6.07, 6.45) is 4.71. The third kappa shape index (κ3) is 3.31. The molecule has 146 valence electrons. The number of piperazine rings is 1. The molecule has 0 aromatic rings. The Bertz CT molecular complexity index is 543. The van der Waals surface area contributed by atoms with E-state index in [4.69, 9.17) is 4.74 Å². The van der Waals surface area contributed by atoms with Crippen molar-refractivity contribution >= 4 is 11.9 Å². The normalized spacial score (nSPS) is 31.9. The van der Waals surface area contributed by atoms with E-state index in [0.29, 0.717) is 18.5 Å². The highest BCUT2D eigenvalue weighted by Crippen LogP contribution is 2.41. The van der Waals surface area contributed by atoms with Crippen molar-refractivity contribution in [3.8, 4) is 0 Å². The standard InChI is InChI=1S/C19H32N4O3/c1-20-9-11-21(12-10-20)18(25)22-8-6-19(15-22)5-2-7-23(17(19)24)16-3-13-26-14-4-16/h16H,2-15H2,1H3/t19-/m0/s1. The van der Waals surface area contributed by atoms with Gasteiger partial charge in [-0.3, -0.25) is 4.79 Å². The zero-order chi connectivity index (χ0) is 18.1. The van der Waals surface area contributed by atoms with Crippen LogP contribution >= 0.6 is 0 Å². The highest BCUT2D eigenvalue weighted by molar-refractivity contribution is 5.86. The van der Waals surface area contributed by atoms with Gasteiger partial charge in [0.15, 0.2) is 0 Å². The quantitative estimate of drug-likeness (QED) is 0.692. The number of nitrogens with zero attached hydrogens (tertiary/aromatic N) is 4. The number of amides is 3. The molecular weight excluding hydrogens is 332 g/mol. The lowest BCUT2D eigenvalue weighted by molar-refractivity contribution is -0.150. The molecule has 4 saturated heterocycles. The Morgan fingerprint density at radius 3 is 2.46 bits per heavy atom. The van der Waals surface area contributed by atoms with E-state index in [1.165, 1.54) is 0 Å². The van der Waals surface area contributed by atoms with Crippen LogP contribution in [0.15, 0.2) is 0 Å². The van der Waals surface area contributed by atoms with Gasteiger partial charge in [0.2, 0.25) is 5.91 Å². The van der Waals surface area contributed by atoms with Crippen molar-refractivity contribution in [1.29, 1.82) is 0 Å². The second-order valence-corrected chi connectivity index (χ2v) is 8.47. The number of carbonyl (C=O) groups is 2. The molecule has 0 N–H and O–H groups in total. The molecular formula is C19H32N4O3. The SMILES string of the molecule is CN1CCN(C(=O)N2CC[C@@]3(CCCN(C4CCOCC4)C3=O)C2)CC1. The van der Waals surface area contributed by atoms with E-state index in [1.54, 1.807) is 0 Å². The van der Waals surface area contributed by atoms with Crippen molar-refractivity contribution in [3.05, 3.63) is 0 Å². The summed E-state index contributed by atoms with van der Waals surface area (Å²) in [6.45, 7) is 7.17. The first-order valence-corrected chi connectivity index (χ1v) is 10.2. The Balaban J connectivity index is 1.41. The zero-order valence-corrected chi connectivity index (χ0v) is 16.0. The Labute approximate surface area is 156 Å². The summed E-state index contributed by atoms with van der Waals surface area (Å²) in [5.74, 6) is 0.296. The minimum absolute atomic E-state index is 0.131. The molecule has 7 nitrogen and oxygen atoms in total. The van der Waals surface area contributed by atoms with Gasteiger partial charge in [-0.05, 0) is 39.2 Å². The number of rotatable bonds is 1. The van der Waals surface area contributed by atoms with Crippen LogP contribution in [0.3, 0.4) is 0 Å². The van der Waals surface area contributed by atoms with E-state index in [9.17, 15) is 9.59 Å². The molecule has 0 bridgehead atoms. The van der Waals surface area contributed by atoms with Gasteiger partial charge in [0.05, 0.1) is 5.41 Å². The summed E-state index contributed by atoms with van der Waals surface area (Å²) in [5.41, 5.74) is -0.335. The molecule has 1 atom stereocenters. The number of urea groups is 1. The third-order valence-corrected chi connectivity index (χ3v) is 6.80. The molecule has 0 radical (unpaired) electrons. The third-order valence-electron chi connectivity index (χ3n) is 6.80. The lowest BCUT2D eigenvalue weighted by Crippen LogP contribution is -2.56. The number of likely N-dealkylation sites (tertiary alicyclic amines) is 2. The van der Waals surface area contributed by atoms with Gasteiger partial charge in [-0.15, -0.1) is 0 Å². The maximum absolute atomic E-state index is 13.4. The van der Waals surface area contributed by atoms with Crippen LogP contribution in [0.25, 0.3) is 0 Å². The number of piperidine rings is 1. The van der Waals surface area contributed by atoms with Gasteiger partial charge in [-0.2, -0.15) is 0 Å². The van der Waals surface area contributed by atoms with E-state index in [1.807, 2.05) is 9.80 Å². The summed E-state index contributed by atoms with van der Waals surface area (Å²) < 4.78 is 5.47. The minimum Gasteiger partial charge on any atom is -0.381 e. The molecule has 4 heterocycles. The Morgan fingerprint density at radius 2 is 1.73 bits per heavy atom. The van der Waals surface area contributed by atoms with E-state index in [-0.39, 0.29) is 11.4 Å². The monoisotopic (exact) mass is 364 g/mol. The first-order chi connectivity index (χ1) is 12.6. The highest BCUT2D eigenvalue weighted by Gasteiger charge is 2.51. The van der Waals surface area contributed by atoms with Crippen molar-refractivity contribution < 1.29 is 14.3 Å². The molecule has 4 aliphatic rings. The minimum atomic E-state index is -0.335. The van der Waals surface area contributed by atoms with Crippen LogP contribution in [0, 0.1) is 5.41 Å². The molecule has 0 aromatic carbocycles.